The second kappa shape index (κ2) is 16.9. The topological polar surface area (TPSA) is 0 Å². The molecule has 0 aliphatic heterocycles. The summed E-state index contributed by atoms with van der Waals surface area (Å²) in [5, 5.41) is 9.57. The Kier molecular flexibility index (Phi) is 12.8. The zero-order valence-corrected chi connectivity index (χ0v) is 42.5. The van der Waals surface area contributed by atoms with E-state index in [0.29, 0.717) is 11.8 Å². The molecule has 6 aromatic carbocycles. The number of hydrogen-bond donors (Lipinski definition) is 0. The van der Waals surface area contributed by atoms with Gasteiger partial charge in [-0.3, -0.25) is 0 Å². The van der Waals surface area contributed by atoms with Crippen molar-refractivity contribution in [3.63, 3.8) is 0 Å². The number of hydrogen-bond acceptors (Lipinski definition) is 0. The van der Waals surface area contributed by atoms with Crippen molar-refractivity contribution in [2.24, 2.45) is 11.8 Å². The van der Waals surface area contributed by atoms with Crippen LogP contribution in [0.3, 0.4) is 0 Å². The van der Waals surface area contributed by atoms with Crippen molar-refractivity contribution in [3.05, 3.63) is 117 Å². The molecule has 0 fully saturated rings. The Balaban J connectivity index is 0.00000166. The summed E-state index contributed by atoms with van der Waals surface area (Å²) in [6, 6.07) is 30.1. The quantitative estimate of drug-likeness (QED) is 0.105. The van der Waals surface area contributed by atoms with Gasteiger partial charge >= 0.3 is 37.9 Å². The van der Waals surface area contributed by atoms with E-state index in [9.17, 15) is 0 Å². The van der Waals surface area contributed by atoms with Gasteiger partial charge in [-0.1, -0.05) is 164 Å². The molecular formula is C54H66Cl2SiZr. The summed E-state index contributed by atoms with van der Waals surface area (Å²) in [5.74, 6) is 1.18. The van der Waals surface area contributed by atoms with Crippen LogP contribution in [0.2, 0.25) is 13.1 Å². The summed E-state index contributed by atoms with van der Waals surface area (Å²) < 4.78 is 0. The van der Waals surface area contributed by atoms with Gasteiger partial charge in [0.2, 0.25) is 0 Å². The number of aryl methyl sites for hydroxylation is 2. The van der Waals surface area contributed by atoms with Crippen LogP contribution in [-0.4, -0.2) is 8.07 Å². The fraction of sp³-hybridized carbons (Fsp3) is 0.444. The van der Waals surface area contributed by atoms with Crippen LogP contribution in [-0.2, 0) is 70.2 Å². The van der Waals surface area contributed by atoms with Crippen molar-refractivity contribution < 1.29 is 20.8 Å². The molecule has 0 nitrogen and oxygen atoms in total. The second-order valence-corrected chi connectivity index (χ2v) is 29.0. The van der Waals surface area contributed by atoms with E-state index < -0.39 is 28.9 Å². The van der Waals surface area contributed by atoms with Crippen molar-refractivity contribution >= 4 is 57.0 Å². The third kappa shape index (κ3) is 8.37. The second-order valence-electron chi connectivity index (χ2n) is 21.1. The molecule has 0 unspecified atom stereocenters. The number of benzene rings is 4. The number of rotatable bonds is 8. The van der Waals surface area contributed by atoms with Crippen molar-refractivity contribution in [2.75, 3.05) is 0 Å². The molecule has 0 aromatic heterocycles. The zero-order valence-electron chi connectivity index (χ0n) is 37.5. The molecule has 0 amide bonds. The maximum absolute atomic E-state index is 4.93. The van der Waals surface area contributed by atoms with Gasteiger partial charge in [-0.15, -0.1) is 56.9 Å². The molecule has 0 spiro atoms. The first-order chi connectivity index (χ1) is 27.3. The van der Waals surface area contributed by atoms with Crippen LogP contribution in [0, 0.1) is 11.8 Å². The van der Waals surface area contributed by atoms with E-state index in [1.54, 1.807) is 65.7 Å². The summed E-state index contributed by atoms with van der Waals surface area (Å²) in [6.07, 6.45) is 9.56. The molecule has 0 saturated heterocycles. The molecule has 0 radical (unpaired) electrons. The molecule has 6 aromatic rings. The summed E-state index contributed by atoms with van der Waals surface area (Å²) in [7, 11) is 7.49. The van der Waals surface area contributed by atoms with Gasteiger partial charge in [-0.05, 0) is 96.3 Å². The van der Waals surface area contributed by atoms with Crippen molar-refractivity contribution in [3.8, 4) is 22.3 Å². The molecule has 0 bridgehead atoms. The van der Waals surface area contributed by atoms with Crippen molar-refractivity contribution in [1.82, 2.24) is 0 Å². The van der Waals surface area contributed by atoms with Crippen LogP contribution in [0.5, 0.6) is 0 Å². The van der Waals surface area contributed by atoms with Crippen LogP contribution in [0.25, 0.3) is 43.8 Å². The van der Waals surface area contributed by atoms with Crippen LogP contribution < -0.4 is 10.4 Å². The van der Waals surface area contributed by atoms with E-state index in [-0.39, 0.29) is 10.8 Å². The average Bonchev–Trinajstić information content (AvgIpc) is 3.94. The first kappa shape index (κ1) is 43.9. The third-order valence-corrected chi connectivity index (χ3v) is 16.9. The number of fused-ring (bicyclic) bond motifs is 4. The summed E-state index contributed by atoms with van der Waals surface area (Å²) >= 11 is -0.826. The van der Waals surface area contributed by atoms with Crippen molar-refractivity contribution in [2.45, 2.75) is 145 Å². The van der Waals surface area contributed by atoms with Crippen LogP contribution in [0.4, 0.5) is 0 Å². The number of halogens is 2. The molecular weight excluding hydrogens is 839 g/mol. The van der Waals surface area contributed by atoms with Gasteiger partial charge < -0.3 is 0 Å². The van der Waals surface area contributed by atoms with Crippen LogP contribution in [0.15, 0.2) is 72.8 Å². The summed E-state index contributed by atoms with van der Waals surface area (Å²) in [4.78, 5) is 0. The standard InChI is InChI=1S/C54H66Si.2ClH.Zr/c1-33(2)27-41-31-39-29-37-15-13-17-45(37)47(35-19-23-43(24-20-35)53(5,6)7)49(39)51(41)55(11,12)52-42(28-34(3)4)32-40-30-38-16-14-18-46(38)48(50(40)52)36-21-25-44(26-22-36)54(8,9)10;;;/h19-26,29-34H,13-18,27-28H2,1-12H3;2*1H;/q-2;;;+4/p-2. The molecule has 58 heavy (non-hydrogen) atoms. The fourth-order valence-corrected chi connectivity index (χ4v) is 14.8. The molecule has 0 N–H and O–H groups in total. The molecule has 4 heteroatoms. The van der Waals surface area contributed by atoms with Crippen LogP contribution >= 0.6 is 17.0 Å². The first-order valence-corrected chi connectivity index (χ1v) is 31.4. The molecule has 2 aliphatic carbocycles. The molecule has 304 valence electrons. The van der Waals surface area contributed by atoms with E-state index in [1.165, 1.54) is 71.6 Å². The van der Waals surface area contributed by atoms with E-state index in [0.717, 1.165) is 12.8 Å². The van der Waals surface area contributed by atoms with Gasteiger partial charge in [-0.25, -0.2) is 0 Å². The van der Waals surface area contributed by atoms with Gasteiger partial charge in [0.15, 0.2) is 0 Å². The van der Waals surface area contributed by atoms with Gasteiger partial charge in [0.1, 0.15) is 0 Å². The summed E-state index contributed by atoms with van der Waals surface area (Å²) in [5.41, 5.74) is 18.7. The maximum atomic E-state index is 4.93. The Morgan fingerprint density at radius 3 is 1.24 bits per heavy atom. The van der Waals surface area contributed by atoms with E-state index in [1.807, 2.05) is 0 Å². The normalized spacial score (nSPS) is 14.3. The van der Waals surface area contributed by atoms with Gasteiger partial charge in [-0.2, -0.15) is 10.4 Å². The van der Waals surface area contributed by atoms with E-state index in [4.69, 9.17) is 17.0 Å². The predicted molar refractivity (Wildman–Crippen MR) is 257 cm³/mol. The van der Waals surface area contributed by atoms with Gasteiger partial charge in [0.05, 0.1) is 0 Å². The monoisotopic (exact) mass is 902 g/mol. The van der Waals surface area contributed by atoms with Crippen LogP contribution in [0.1, 0.15) is 127 Å². The van der Waals surface area contributed by atoms with E-state index in [2.05, 4.69) is 155 Å². The Morgan fingerprint density at radius 2 is 0.931 bits per heavy atom. The summed E-state index contributed by atoms with van der Waals surface area (Å²) in [6.45, 7) is 29.2. The average molecular weight is 905 g/mol. The fourth-order valence-electron chi connectivity index (χ4n) is 10.8. The molecule has 0 atom stereocenters. The minimum absolute atomic E-state index is 0.133. The minimum atomic E-state index is -2.38. The Bertz CT molecular complexity index is 2250. The zero-order chi connectivity index (χ0) is 41.9. The molecule has 8 rings (SSSR count). The van der Waals surface area contributed by atoms with Gasteiger partial charge in [0.25, 0.3) is 0 Å². The first-order valence-electron chi connectivity index (χ1n) is 22.1. The molecule has 2 aliphatic rings. The SMILES string of the molecule is CC(C)Cc1[cH-]c2cc3c(c(-c4ccc(C(C)(C)C)cc4)c2c1[Si](C)(C)c1c(CC(C)C)[cH-]c2cc4c(c(-c5ccc(C(C)(C)C)cc5)c12)CCC4)CCC3.[Cl][Zr+2][Cl]. The Labute approximate surface area is 370 Å². The third-order valence-electron chi connectivity index (χ3n) is 13.2. The van der Waals surface area contributed by atoms with Gasteiger partial charge in [0, 0.05) is 8.07 Å². The Morgan fingerprint density at radius 1 is 0.586 bits per heavy atom. The van der Waals surface area contributed by atoms with Crippen molar-refractivity contribution in [1.29, 1.82) is 0 Å². The molecule has 0 saturated carbocycles. The van der Waals surface area contributed by atoms with E-state index >= 15 is 0 Å². The molecule has 0 heterocycles. The Hall–Kier alpha value is -2.22. The predicted octanol–water partition coefficient (Wildman–Crippen LogP) is 14.9.